The van der Waals surface area contributed by atoms with E-state index in [2.05, 4.69) is 35.6 Å². The Hall–Kier alpha value is -0.380. The van der Waals surface area contributed by atoms with E-state index < -0.39 is 0 Å². The van der Waals surface area contributed by atoms with Crippen molar-refractivity contribution in [3.63, 3.8) is 0 Å². The van der Waals surface area contributed by atoms with Crippen molar-refractivity contribution in [1.29, 1.82) is 0 Å². The van der Waals surface area contributed by atoms with Gasteiger partial charge >= 0.3 is 0 Å². The minimum Gasteiger partial charge on any atom is -0.329 e. The molecule has 1 aromatic heterocycles. The number of nitrogens with two attached hydrogens (primary N) is 1. The van der Waals surface area contributed by atoms with Crippen molar-refractivity contribution < 1.29 is 0 Å². The van der Waals surface area contributed by atoms with Crippen LogP contribution in [0, 0.1) is 5.41 Å². The molecule has 15 heavy (non-hydrogen) atoms. The van der Waals surface area contributed by atoms with Gasteiger partial charge in [0.2, 0.25) is 0 Å². The highest BCUT2D eigenvalue weighted by Gasteiger charge is 2.33. The average molecular weight is 224 g/mol. The Bertz CT molecular complexity index is 305. The lowest BCUT2D eigenvalue weighted by molar-refractivity contribution is 0.224. The van der Waals surface area contributed by atoms with Crippen LogP contribution in [-0.4, -0.2) is 24.5 Å². The number of nitrogens with zero attached hydrogens (tertiary/aromatic N) is 1. The predicted molar refractivity (Wildman–Crippen MR) is 66.1 cm³/mol. The van der Waals surface area contributed by atoms with E-state index in [9.17, 15) is 0 Å². The van der Waals surface area contributed by atoms with Crippen LogP contribution in [0.4, 0.5) is 0 Å². The van der Waals surface area contributed by atoms with Crippen molar-refractivity contribution in [2.24, 2.45) is 11.1 Å². The molecule has 3 heteroatoms. The Morgan fingerprint density at radius 2 is 2.40 bits per heavy atom. The van der Waals surface area contributed by atoms with Gasteiger partial charge in [-0.2, -0.15) is 11.3 Å². The van der Waals surface area contributed by atoms with Crippen LogP contribution in [0.15, 0.2) is 16.8 Å². The van der Waals surface area contributed by atoms with Gasteiger partial charge in [-0.25, -0.2) is 0 Å². The summed E-state index contributed by atoms with van der Waals surface area (Å²) < 4.78 is 0. The van der Waals surface area contributed by atoms with Gasteiger partial charge in [0.05, 0.1) is 0 Å². The number of thiophene rings is 1. The lowest BCUT2D eigenvalue weighted by atomic mass is 9.93. The average Bonchev–Trinajstić information content (AvgIpc) is 2.77. The van der Waals surface area contributed by atoms with Gasteiger partial charge < -0.3 is 5.73 Å². The molecule has 84 valence electrons. The van der Waals surface area contributed by atoms with E-state index in [1.54, 1.807) is 11.3 Å². The second kappa shape index (κ2) is 4.24. The summed E-state index contributed by atoms with van der Waals surface area (Å²) in [5, 5.41) is 4.36. The number of hydrogen-bond donors (Lipinski definition) is 1. The van der Waals surface area contributed by atoms with E-state index in [-0.39, 0.29) is 0 Å². The van der Waals surface area contributed by atoms with Gasteiger partial charge in [0.1, 0.15) is 0 Å². The fourth-order valence-electron chi connectivity index (χ4n) is 2.38. The van der Waals surface area contributed by atoms with Crippen molar-refractivity contribution in [3.05, 3.63) is 22.4 Å². The summed E-state index contributed by atoms with van der Waals surface area (Å²) >= 11 is 1.76. The van der Waals surface area contributed by atoms with E-state index in [0.717, 1.165) is 6.54 Å². The van der Waals surface area contributed by atoms with Gasteiger partial charge in [0, 0.05) is 19.1 Å². The predicted octanol–water partition coefficient (Wildman–Crippen LogP) is 2.48. The molecule has 2 N–H and O–H groups in total. The molecule has 0 saturated carbocycles. The van der Waals surface area contributed by atoms with Gasteiger partial charge in [0.25, 0.3) is 0 Å². The van der Waals surface area contributed by atoms with Crippen LogP contribution in [-0.2, 0) is 0 Å². The highest BCUT2D eigenvalue weighted by Crippen LogP contribution is 2.34. The van der Waals surface area contributed by atoms with Crippen LogP contribution in [0.25, 0.3) is 0 Å². The quantitative estimate of drug-likeness (QED) is 0.854. The molecular weight excluding hydrogens is 204 g/mol. The first-order valence-electron chi connectivity index (χ1n) is 5.59. The van der Waals surface area contributed by atoms with Crippen molar-refractivity contribution in [1.82, 2.24) is 4.90 Å². The maximum atomic E-state index is 5.90. The molecule has 1 atom stereocenters. The lowest BCUT2D eigenvalue weighted by Crippen LogP contribution is -2.32. The Morgan fingerprint density at radius 3 is 2.87 bits per heavy atom. The lowest BCUT2D eigenvalue weighted by Gasteiger charge is -2.27. The largest absolute Gasteiger partial charge is 0.329 e. The number of likely N-dealkylation sites (tertiary alicyclic amines) is 1. The minimum absolute atomic E-state index is 0.429. The molecule has 0 aliphatic carbocycles. The molecule has 0 amide bonds. The van der Waals surface area contributed by atoms with Gasteiger partial charge in [-0.05, 0) is 40.8 Å². The molecule has 1 saturated heterocycles. The van der Waals surface area contributed by atoms with E-state index in [4.69, 9.17) is 5.73 Å². The summed E-state index contributed by atoms with van der Waals surface area (Å²) in [5.74, 6) is 0. The zero-order chi connectivity index (χ0) is 10.9. The Labute approximate surface area is 96.1 Å². The summed E-state index contributed by atoms with van der Waals surface area (Å²) in [4.78, 5) is 2.53. The van der Waals surface area contributed by atoms with Crippen molar-refractivity contribution in [2.75, 3.05) is 19.6 Å². The van der Waals surface area contributed by atoms with Crippen LogP contribution < -0.4 is 5.73 Å². The molecular formula is C12H20N2S. The third-order valence-corrected chi connectivity index (χ3v) is 4.00. The molecule has 0 spiro atoms. The van der Waals surface area contributed by atoms with Crippen LogP contribution in [0.5, 0.6) is 0 Å². The molecule has 1 aliphatic rings. The van der Waals surface area contributed by atoms with Crippen molar-refractivity contribution in [3.8, 4) is 0 Å². The fraction of sp³-hybridized carbons (Fsp3) is 0.667. The molecule has 1 fully saturated rings. The topological polar surface area (TPSA) is 29.3 Å². The maximum absolute atomic E-state index is 5.90. The smallest absolute Gasteiger partial charge is 0.0478 e. The summed E-state index contributed by atoms with van der Waals surface area (Å²) in [6.45, 7) is 7.77. The molecule has 1 aromatic rings. The van der Waals surface area contributed by atoms with Gasteiger partial charge in [0.15, 0.2) is 0 Å². The van der Waals surface area contributed by atoms with Crippen molar-refractivity contribution in [2.45, 2.75) is 26.3 Å². The number of rotatable bonds is 3. The van der Waals surface area contributed by atoms with Crippen LogP contribution >= 0.6 is 11.3 Å². The monoisotopic (exact) mass is 224 g/mol. The first kappa shape index (κ1) is 11.1. The van der Waals surface area contributed by atoms with E-state index in [0.29, 0.717) is 11.5 Å². The molecule has 2 rings (SSSR count). The normalized spacial score (nSPS) is 23.1. The molecule has 2 nitrogen and oxygen atoms in total. The Kier molecular flexibility index (Phi) is 3.14. The Morgan fingerprint density at radius 1 is 1.60 bits per heavy atom. The summed E-state index contributed by atoms with van der Waals surface area (Å²) in [6, 6.07) is 2.63. The molecule has 1 unspecified atom stereocenters. The van der Waals surface area contributed by atoms with E-state index in [1.165, 1.54) is 25.1 Å². The van der Waals surface area contributed by atoms with Gasteiger partial charge in [-0.15, -0.1) is 0 Å². The molecule has 0 bridgehead atoms. The van der Waals surface area contributed by atoms with Gasteiger partial charge in [-0.3, -0.25) is 4.90 Å². The highest BCUT2D eigenvalue weighted by molar-refractivity contribution is 7.07. The highest BCUT2D eigenvalue weighted by atomic mass is 32.1. The van der Waals surface area contributed by atoms with Gasteiger partial charge in [-0.1, -0.05) is 13.8 Å². The molecule has 2 heterocycles. The van der Waals surface area contributed by atoms with Crippen LogP contribution in [0.3, 0.4) is 0 Å². The van der Waals surface area contributed by atoms with E-state index in [1.807, 2.05) is 0 Å². The standard InChI is InChI=1S/C12H20N2S/c1-12(2)4-5-14(9-12)11(7-13)10-3-6-15-8-10/h3,6,8,11H,4-5,7,9,13H2,1-2H3. The van der Waals surface area contributed by atoms with Crippen LogP contribution in [0.2, 0.25) is 0 Å². The third kappa shape index (κ3) is 2.41. The molecule has 0 aromatic carbocycles. The third-order valence-electron chi connectivity index (χ3n) is 3.30. The fourth-order valence-corrected chi connectivity index (χ4v) is 3.09. The summed E-state index contributed by atoms with van der Waals surface area (Å²) in [6.07, 6.45) is 1.29. The first-order valence-corrected chi connectivity index (χ1v) is 6.53. The van der Waals surface area contributed by atoms with Crippen LogP contribution in [0.1, 0.15) is 31.9 Å². The SMILES string of the molecule is CC1(C)CCN(C(CN)c2ccsc2)C1. The molecule has 0 radical (unpaired) electrons. The van der Waals surface area contributed by atoms with Crippen molar-refractivity contribution >= 4 is 11.3 Å². The summed E-state index contributed by atoms with van der Waals surface area (Å²) in [5.41, 5.74) is 7.75. The van der Waals surface area contributed by atoms with E-state index >= 15 is 0 Å². The zero-order valence-electron chi connectivity index (χ0n) is 9.57. The number of hydrogen-bond acceptors (Lipinski definition) is 3. The second-order valence-electron chi connectivity index (χ2n) is 5.19. The molecule has 1 aliphatic heterocycles. The Balaban J connectivity index is 2.09. The second-order valence-corrected chi connectivity index (χ2v) is 5.97. The summed E-state index contributed by atoms with van der Waals surface area (Å²) in [7, 11) is 0. The maximum Gasteiger partial charge on any atom is 0.0478 e. The zero-order valence-corrected chi connectivity index (χ0v) is 10.4. The minimum atomic E-state index is 0.429. The first-order chi connectivity index (χ1) is 7.12.